The van der Waals surface area contributed by atoms with Crippen LogP contribution in [-0.2, 0) is 6.42 Å². The highest BCUT2D eigenvalue weighted by molar-refractivity contribution is 7.81. The Kier molecular flexibility index (Phi) is 9.02. The van der Waals surface area contributed by atoms with Crippen LogP contribution < -0.4 is 14.2 Å². The summed E-state index contributed by atoms with van der Waals surface area (Å²) in [5, 5.41) is 0. The van der Waals surface area contributed by atoms with E-state index in [4.69, 9.17) is 26.4 Å². The lowest BCUT2D eigenvalue weighted by Crippen LogP contribution is -2.03. The largest absolute Gasteiger partial charge is 0.490 e. The lowest BCUT2D eigenvalue weighted by Gasteiger charge is -2.17. The van der Waals surface area contributed by atoms with E-state index in [9.17, 15) is 0 Å². The fourth-order valence-electron chi connectivity index (χ4n) is 2.92. The summed E-state index contributed by atoms with van der Waals surface area (Å²) in [5.74, 6) is 2.02. The van der Waals surface area contributed by atoms with E-state index in [0.717, 1.165) is 28.8 Å². The number of thiocarbonyl (C=S) groups is 1. The SMILES string of the molecule is CCCc1ccc(C(=S)C=Cc2ccc(OCC)c(OCC)c2OCC)cc1. The van der Waals surface area contributed by atoms with Crippen LogP contribution in [0, 0.1) is 0 Å². The molecule has 0 aliphatic carbocycles. The maximum Gasteiger partial charge on any atom is 0.204 e. The first-order valence-corrected chi connectivity index (χ1v) is 10.4. The molecule has 0 aliphatic rings. The Morgan fingerprint density at radius 1 is 0.821 bits per heavy atom. The monoisotopic (exact) mass is 398 g/mol. The van der Waals surface area contributed by atoms with Gasteiger partial charge < -0.3 is 14.2 Å². The van der Waals surface area contributed by atoms with Crippen molar-refractivity contribution in [2.45, 2.75) is 40.5 Å². The van der Waals surface area contributed by atoms with Gasteiger partial charge in [0.25, 0.3) is 0 Å². The molecule has 0 radical (unpaired) electrons. The Balaban J connectivity index is 2.30. The van der Waals surface area contributed by atoms with Crippen LogP contribution >= 0.6 is 12.2 Å². The molecule has 0 amide bonds. The van der Waals surface area contributed by atoms with E-state index in [1.165, 1.54) is 5.56 Å². The first kappa shape index (κ1) is 22.0. The van der Waals surface area contributed by atoms with Gasteiger partial charge in [-0.2, -0.15) is 0 Å². The van der Waals surface area contributed by atoms with Crippen molar-refractivity contribution in [3.8, 4) is 17.2 Å². The van der Waals surface area contributed by atoms with E-state index in [2.05, 4.69) is 31.2 Å². The van der Waals surface area contributed by atoms with Crippen LogP contribution in [0.5, 0.6) is 17.2 Å². The van der Waals surface area contributed by atoms with Gasteiger partial charge in [-0.3, -0.25) is 0 Å². The zero-order chi connectivity index (χ0) is 20.4. The highest BCUT2D eigenvalue weighted by Gasteiger charge is 2.16. The standard InChI is InChI=1S/C24H30O3S/c1-5-9-18-10-12-19(13-11-18)22(28)17-15-20-14-16-21(25-6-2)24(27-8-4)23(20)26-7-3/h10-17H,5-9H2,1-4H3. The molecule has 0 fully saturated rings. The molecule has 0 N–H and O–H groups in total. The molecule has 0 saturated heterocycles. The molecular formula is C24H30O3S. The van der Waals surface area contributed by atoms with Crippen LogP contribution in [0.25, 0.3) is 6.08 Å². The minimum atomic E-state index is 0.538. The van der Waals surface area contributed by atoms with Gasteiger partial charge >= 0.3 is 0 Å². The molecule has 2 rings (SSSR count). The van der Waals surface area contributed by atoms with Gasteiger partial charge in [0.05, 0.1) is 19.8 Å². The molecule has 150 valence electrons. The van der Waals surface area contributed by atoms with Crippen molar-refractivity contribution in [2.24, 2.45) is 0 Å². The molecule has 0 unspecified atom stereocenters. The van der Waals surface area contributed by atoms with E-state index < -0.39 is 0 Å². The molecule has 28 heavy (non-hydrogen) atoms. The van der Waals surface area contributed by atoms with Crippen molar-refractivity contribution < 1.29 is 14.2 Å². The number of hydrogen-bond acceptors (Lipinski definition) is 4. The van der Waals surface area contributed by atoms with Crippen molar-refractivity contribution in [1.82, 2.24) is 0 Å². The van der Waals surface area contributed by atoms with E-state index in [-0.39, 0.29) is 0 Å². The van der Waals surface area contributed by atoms with Crippen molar-refractivity contribution >= 4 is 23.2 Å². The molecular weight excluding hydrogens is 368 g/mol. The summed E-state index contributed by atoms with van der Waals surface area (Å²) in [5.41, 5.74) is 3.29. The van der Waals surface area contributed by atoms with E-state index in [1.54, 1.807) is 0 Å². The molecule has 4 heteroatoms. The average Bonchev–Trinajstić information content (AvgIpc) is 2.70. The summed E-state index contributed by atoms with van der Waals surface area (Å²) >= 11 is 5.60. The summed E-state index contributed by atoms with van der Waals surface area (Å²) in [6, 6.07) is 12.4. The van der Waals surface area contributed by atoms with Gasteiger partial charge in [-0.25, -0.2) is 0 Å². The number of ether oxygens (including phenoxy) is 3. The third-order valence-electron chi connectivity index (χ3n) is 4.18. The van der Waals surface area contributed by atoms with Crippen molar-refractivity contribution in [3.05, 3.63) is 59.2 Å². The highest BCUT2D eigenvalue weighted by atomic mass is 32.1. The molecule has 0 bridgehead atoms. The van der Waals surface area contributed by atoms with E-state index in [0.29, 0.717) is 37.1 Å². The Morgan fingerprint density at radius 2 is 1.46 bits per heavy atom. The van der Waals surface area contributed by atoms with Gasteiger partial charge in [0.1, 0.15) is 0 Å². The normalized spacial score (nSPS) is 10.9. The number of benzene rings is 2. The molecule has 3 nitrogen and oxygen atoms in total. The second-order valence-corrected chi connectivity index (χ2v) is 6.69. The zero-order valence-corrected chi connectivity index (χ0v) is 18.1. The highest BCUT2D eigenvalue weighted by Crippen LogP contribution is 2.41. The summed E-state index contributed by atoms with van der Waals surface area (Å²) < 4.78 is 17.4. The average molecular weight is 399 g/mol. The van der Waals surface area contributed by atoms with Gasteiger partial charge in [-0.15, -0.1) is 0 Å². The first-order chi connectivity index (χ1) is 13.6. The Morgan fingerprint density at radius 3 is 2.07 bits per heavy atom. The maximum atomic E-state index is 5.89. The molecule has 0 aromatic heterocycles. The van der Waals surface area contributed by atoms with Gasteiger partial charge in [0.2, 0.25) is 5.75 Å². The van der Waals surface area contributed by atoms with Crippen LogP contribution in [0.15, 0.2) is 42.5 Å². The zero-order valence-electron chi connectivity index (χ0n) is 17.3. The summed E-state index contributed by atoms with van der Waals surface area (Å²) in [6.07, 6.45) is 6.15. The topological polar surface area (TPSA) is 27.7 Å². The number of rotatable bonds is 11. The molecule has 0 saturated carbocycles. The van der Waals surface area contributed by atoms with Gasteiger partial charge in [-0.1, -0.05) is 49.8 Å². The van der Waals surface area contributed by atoms with Crippen molar-refractivity contribution in [1.29, 1.82) is 0 Å². The summed E-state index contributed by atoms with van der Waals surface area (Å²) in [6.45, 7) is 9.69. The van der Waals surface area contributed by atoms with Crippen LogP contribution in [0.4, 0.5) is 0 Å². The smallest absolute Gasteiger partial charge is 0.204 e. The number of hydrogen-bond donors (Lipinski definition) is 0. The predicted molar refractivity (Wildman–Crippen MR) is 121 cm³/mol. The van der Waals surface area contributed by atoms with Gasteiger partial charge in [0, 0.05) is 10.4 Å². The van der Waals surface area contributed by atoms with Crippen LogP contribution in [0.3, 0.4) is 0 Å². The third kappa shape index (κ3) is 5.83. The van der Waals surface area contributed by atoms with Crippen LogP contribution in [0.2, 0.25) is 0 Å². The molecule has 0 heterocycles. The Bertz CT molecular complexity index is 794. The van der Waals surface area contributed by atoms with Gasteiger partial charge in [0.15, 0.2) is 11.5 Å². The summed E-state index contributed by atoms with van der Waals surface area (Å²) in [7, 11) is 0. The van der Waals surface area contributed by atoms with Crippen LogP contribution in [0.1, 0.15) is 50.8 Å². The molecule has 0 spiro atoms. The lowest BCUT2D eigenvalue weighted by molar-refractivity contribution is 0.260. The van der Waals surface area contributed by atoms with Crippen LogP contribution in [-0.4, -0.2) is 24.7 Å². The fraction of sp³-hybridized carbons (Fsp3) is 0.375. The quantitative estimate of drug-likeness (QED) is 0.253. The molecule has 2 aromatic rings. The fourth-order valence-corrected chi connectivity index (χ4v) is 3.12. The predicted octanol–water partition coefficient (Wildman–Crippen LogP) is 6.27. The minimum Gasteiger partial charge on any atom is -0.490 e. The lowest BCUT2D eigenvalue weighted by atomic mass is 10.0. The second-order valence-electron chi connectivity index (χ2n) is 6.25. The number of allylic oxidation sites excluding steroid dienone is 1. The van der Waals surface area contributed by atoms with Gasteiger partial charge in [-0.05, 0) is 62.6 Å². The first-order valence-electron chi connectivity index (χ1n) is 10.0. The Labute approximate surface area is 174 Å². The van der Waals surface area contributed by atoms with Crippen molar-refractivity contribution in [2.75, 3.05) is 19.8 Å². The van der Waals surface area contributed by atoms with Crippen molar-refractivity contribution in [3.63, 3.8) is 0 Å². The van der Waals surface area contributed by atoms with E-state index >= 15 is 0 Å². The second kappa shape index (κ2) is 11.5. The third-order valence-corrected chi connectivity index (χ3v) is 4.55. The molecule has 0 aliphatic heterocycles. The Hall–Kier alpha value is -2.33. The molecule has 2 aromatic carbocycles. The molecule has 0 atom stereocenters. The maximum absolute atomic E-state index is 5.89. The minimum absolute atomic E-state index is 0.538. The summed E-state index contributed by atoms with van der Waals surface area (Å²) in [4.78, 5) is 0.789. The number of aryl methyl sites for hydroxylation is 1. The van der Waals surface area contributed by atoms with E-state index in [1.807, 2.05) is 45.1 Å².